The van der Waals surface area contributed by atoms with Crippen molar-refractivity contribution in [3.8, 4) is 5.75 Å². The largest absolute Gasteiger partial charge is 0.507 e. The van der Waals surface area contributed by atoms with Crippen LogP contribution in [0, 0.1) is 0 Å². The van der Waals surface area contributed by atoms with Gasteiger partial charge in [0, 0.05) is 30.9 Å². The molecule has 0 radical (unpaired) electrons. The van der Waals surface area contributed by atoms with E-state index in [4.69, 9.17) is 4.74 Å². The molecule has 0 aromatic heterocycles. The van der Waals surface area contributed by atoms with Gasteiger partial charge in [-0.3, -0.25) is 9.59 Å². The summed E-state index contributed by atoms with van der Waals surface area (Å²) in [4.78, 5) is 29.5. The third kappa shape index (κ3) is 4.29. The Bertz CT molecular complexity index is 960. The van der Waals surface area contributed by atoms with E-state index in [1.165, 1.54) is 0 Å². The zero-order chi connectivity index (χ0) is 22.5. The number of benzene rings is 2. The Labute approximate surface area is 183 Å². The van der Waals surface area contributed by atoms with Gasteiger partial charge in [0.15, 0.2) is 0 Å². The number of ketones is 1. The van der Waals surface area contributed by atoms with E-state index in [-0.39, 0.29) is 11.3 Å². The summed E-state index contributed by atoms with van der Waals surface area (Å²) in [7, 11) is 1.56. The number of carbonyl (C=O) groups is 2. The van der Waals surface area contributed by atoms with E-state index in [0.717, 1.165) is 24.3 Å². The first-order valence-corrected chi connectivity index (χ1v) is 10.7. The van der Waals surface area contributed by atoms with Gasteiger partial charge in [-0.05, 0) is 62.2 Å². The highest BCUT2D eigenvalue weighted by atomic mass is 16.5. The van der Waals surface area contributed by atoms with Gasteiger partial charge in [0.2, 0.25) is 0 Å². The highest BCUT2D eigenvalue weighted by Crippen LogP contribution is 2.40. The van der Waals surface area contributed by atoms with Crippen LogP contribution in [0.3, 0.4) is 0 Å². The minimum atomic E-state index is -0.653. The Kier molecular flexibility index (Phi) is 7.00. The number of methoxy groups -OCH3 is 1. The molecule has 2 aromatic rings. The second kappa shape index (κ2) is 9.69. The molecule has 3 rings (SSSR count). The molecule has 1 atom stereocenters. The van der Waals surface area contributed by atoms with Gasteiger partial charge in [-0.2, -0.15) is 0 Å². The highest BCUT2D eigenvalue weighted by molar-refractivity contribution is 6.46. The Hall–Kier alpha value is -3.28. The lowest BCUT2D eigenvalue weighted by molar-refractivity contribution is -0.139. The van der Waals surface area contributed by atoms with Crippen LogP contribution >= 0.6 is 0 Å². The van der Waals surface area contributed by atoms with E-state index in [9.17, 15) is 14.7 Å². The Morgan fingerprint density at radius 3 is 2.13 bits per heavy atom. The van der Waals surface area contributed by atoms with Gasteiger partial charge >= 0.3 is 0 Å². The second-order valence-corrected chi connectivity index (χ2v) is 7.48. The normalized spacial score (nSPS) is 17.8. The number of carbonyl (C=O) groups excluding carboxylic acids is 2. The monoisotopic (exact) mass is 422 g/mol. The van der Waals surface area contributed by atoms with E-state index >= 15 is 0 Å². The number of likely N-dealkylation sites (tertiary alicyclic amines) is 1. The summed E-state index contributed by atoms with van der Waals surface area (Å²) >= 11 is 0. The summed E-state index contributed by atoms with van der Waals surface area (Å²) in [5.74, 6) is -0.752. The zero-order valence-electron chi connectivity index (χ0n) is 18.6. The van der Waals surface area contributed by atoms with E-state index in [1.54, 1.807) is 36.3 Å². The van der Waals surface area contributed by atoms with Crippen molar-refractivity contribution in [2.75, 3.05) is 31.6 Å². The lowest BCUT2D eigenvalue weighted by Crippen LogP contribution is -2.30. The average Bonchev–Trinajstić information content (AvgIpc) is 3.05. The number of rotatable bonds is 8. The van der Waals surface area contributed by atoms with Gasteiger partial charge in [0.05, 0.1) is 18.7 Å². The molecule has 6 nitrogen and oxygen atoms in total. The SMILES string of the molecule is CCCN1C(=O)C(=O)/C(=C(\O)c2ccc(OC)cc2)C1c1ccc(N(CC)CC)cc1. The van der Waals surface area contributed by atoms with Crippen molar-refractivity contribution in [2.45, 2.75) is 33.2 Å². The lowest BCUT2D eigenvalue weighted by atomic mass is 9.95. The van der Waals surface area contributed by atoms with Gasteiger partial charge in [-0.1, -0.05) is 19.1 Å². The van der Waals surface area contributed by atoms with E-state index in [1.807, 2.05) is 31.2 Å². The average molecular weight is 423 g/mol. The number of Topliss-reactive ketones (excluding diaryl/α,β-unsaturated/α-hetero) is 1. The number of hydrogen-bond donors (Lipinski definition) is 1. The number of hydrogen-bond acceptors (Lipinski definition) is 5. The Morgan fingerprint density at radius 2 is 1.61 bits per heavy atom. The molecular weight excluding hydrogens is 392 g/mol. The second-order valence-electron chi connectivity index (χ2n) is 7.48. The zero-order valence-corrected chi connectivity index (χ0v) is 18.6. The third-order valence-electron chi connectivity index (χ3n) is 5.71. The maximum Gasteiger partial charge on any atom is 0.295 e. The molecule has 1 aliphatic rings. The van der Waals surface area contributed by atoms with E-state index in [0.29, 0.717) is 24.3 Å². The Morgan fingerprint density at radius 1 is 1.00 bits per heavy atom. The minimum absolute atomic E-state index is 0.124. The molecule has 1 aliphatic heterocycles. The minimum Gasteiger partial charge on any atom is -0.507 e. The van der Waals surface area contributed by atoms with Crippen molar-refractivity contribution >= 4 is 23.1 Å². The molecule has 164 valence electrons. The van der Waals surface area contributed by atoms with Crippen molar-refractivity contribution in [2.24, 2.45) is 0 Å². The molecule has 1 heterocycles. The molecule has 0 bridgehead atoms. The number of aliphatic hydroxyl groups is 1. The van der Waals surface area contributed by atoms with Crippen LogP contribution in [-0.2, 0) is 9.59 Å². The van der Waals surface area contributed by atoms with Crippen molar-refractivity contribution < 1.29 is 19.4 Å². The standard InChI is InChI=1S/C25H30N2O4/c1-5-16-27-22(17-8-12-19(13-9-17)26(6-2)7-3)21(24(29)25(27)30)23(28)18-10-14-20(31-4)15-11-18/h8-15,22,28H,5-7,16H2,1-4H3/b23-21-. The van der Waals surface area contributed by atoms with E-state index < -0.39 is 17.7 Å². The van der Waals surface area contributed by atoms with Crippen molar-refractivity contribution in [3.63, 3.8) is 0 Å². The molecule has 1 N–H and O–H groups in total. The molecule has 1 fully saturated rings. The fourth-order valence-corrected chi connectivity index (χ4v) is 4.06. The number of anilines is 1. The first-order valence-electron chi connectivity index (χ1n) is 10.7. The van der Waals surface area contributed by atoms with Crippen LogP contribution in [0.4, 0.5) is 5.69 Å². The highest BCUT2D eigenvalue weighted by Gasteiger charge is 2.45. The molecule has 0 spiro atoms. The molecular formula is C25H30N2O4. The number of amides is 1. The quantitative estimate of drug-likeness (QED) is 0.389. The summed E-state index contributed by atoms with van der Waals surface area (Å²) < 4.78 is 5.17. The van der Waals surface area contributed by atoms with Crippen LogP contribution in [0.5, 0.6) is 5.75 Å². The van der Waals surface area contributed by atoms with Gasteiger partial charge in [-0.15, -0.1) is 0 Å². The van der Waals surface area contributed by atoms with Crippen LogP contribution in [-0.4, -0.2) is 48.4 Å². The van der Waals surface area contributed by atoms with Crippen LogP contribution in [0.15, 0.2) is 54.1 Å². The predicted octanol–water partition coefficient (Wildman–Crippen LogP) is 4.37. The molecule has 1 unspecified atom stereocenters. The molecule has 0 aliphatic carbocycles. The van der Waals surface area contributed by atoms with Gasteiger partial charge in [0.1, 0.15) is 11.5 Å². The molecule has 0 saturated carbocycles. The Balaban J connectivity index is 2.09. The fourth-order valence-electron chi connectivity index (χ4n) is 4.06. The number of ether oxygens (including phenoxy) is 1. The van der Waals surface area contributed by atoms with Crippen LogP contribution < -0.4 is 9.64 Å². The smallest absolute Gasteiger partial charge is 0.295 e. The lowest BCUT2D eigenvalue weighted by Gasteiger charge is -2.26. The molecule has 1 saturated heterocycles. The van der Waals surface area contributed by atoms with Gasteiger partial charge < -0.3 is 19.6 Å². The first-order chi connectivity index (χ1) is 15.0. The van der Waals surface area contributed by atoms with E-state index in [2.05, 4.69) is 18.7 Å². The summed E-state index contributed by atoms with van der Waals surface area (Å²) in [5.41, 5.74) is 2.48. The van der Waals surface area contributed by atoms with Crippen molar-refractivity contribution in [1.29, 1.82) is 0 Å². The molecule has 6 heteroatoms. The summed E-state index contributed by atoms with van der Waals surface area (Å²) in [5, 5.41) is 11.0. The molecule has 31 heavy (non-hydrogen) atoms. The van der Waals surface area contributed by atoms with Crippen molar-refractivity contribution in [1.82, 2.24) is 4.90 Å². The predicted molar refractivity (Wildman–Crippen MR) is 122 cm³/mol. The topological polar surface area (TPSA) is 70.1 Å². The number of nitrogens with zero attached hydrogens (tertiary/aromatic N) is 2. The fraction of sp³-hybridized carbons (Fsp3) is 0.360. The van der Waals surface area contributed by atoms with Gasteiger partial charge in [0.25, 0.3) is 11.7 Å². The van der Waals surface area contributed by atoms with Crippen LogP contribution in [0.2, 0.25) is 0 Å². The maximum atomic E-state index is 12.9. The maximum absolute atomic E-state index is 12.9. The first kappa shape index (κ1) is 22.4. The summed E-state index contributed by atoms with van der Waals surface area (Å²) in [6, 6.07) is 14.1. The number of aliphatic hydroxyl groups excluding tert-OH is 1. The van der Waals surface area contributed by atoms with Crippen molar-refractivity contribution in [3.05, 3.63) is 65.2 Å². The molecule has 2 aromatic carbocycles. The van der Waals surface area contributed by atoms with Crippen LogP contribution in [0.25, 0.3) is 5.76 Å². The van der Waals surface area contributed by atoms with Gasteiger partial charge in [-0.25, -0.2) is 0 Å². The third-order valence-corrected chi connectivity index (χ3v) is 5.71. The molecule has 1 amide bonds. The van der Waals surface area contributed by atoms with Crippen LogP contribution in [0.1, 0.15) is 44.4 Å². The summed E-state index contributed by atoms with van der Waals surface area (Å²) in [6.07, 6.45) is 0.712. The summed E-state index contributed by atoms with van der Waals surface area (Å²) in [6.45, 7) is 8.38.